The molecule has 0 bridgehead atoms. The maximum absolute atomic E-state index is 4.88. The third-order valence-corrected chi connectivity index (χ3v) is 9.43. The second-order valence-electron chi connectivity index (χ2n) is 10.6. The molecule has 2 nitrogen and oxygen atoms in total. The number of fused-ring (bicyclic) bond motifs is 9. The van der Waals surface area contributed by atoms with Crippen molar-refractivity contribution in [2.45, 2.75) is 0 Å². The first-order chi connectivity index (χ1) is 20.3. The highest BCUT2D eigenvalue weighted by atomic mass is 32.1. The van der Waals surface area contributed by atoms with Gasteiger partial charge in [0, 0.05) is 54.1 Å². The van der Waals surface area contributed by atoms with E-state index < -0.39 is 0 Å². The molecule has 0 amide bonds. The quantitative estimate of drug-likeness (QED) is 0.205. The van der Waals surface area contributed by atoms with Gasteiger partial charge < -0.3 is 0 Å². The van der Waals surface area contributed by atoms with E-state index >= 15 is 0 Å². The summed E-state index contributed by atoms with van der Waals surface area (Å²) < 4.78 is 2.59. The lowest BCUT2D eigenvalue weighted by molar-refractivity contribution is 1.43. The van der Waals surface area contributed by atoms with Crippen molar-refractivity contribution in [1.29, 1.82) is 0 Å². The van der Waals surface area contributed by atoms with Crippen LogP contribution in [0.4, 0.5) is 0 Å². The van der Waals surface area contributed by atoms with Gasteiger partial charge in [-0.3, -0.25) is 9.97 Å². The van der Waals surface area contributed by atoms with Gasteiger partial charge in [-0.05, 0) is 63.4 Å². The third kappa shape index (κ3) is 3.36. The summed E-state index contributed by atoms with van der Waals surface area (Å²) in [6, 6.07) is 43.9. The molecule has 190 valence electrons. The Labute approximate surface area is 240 Å². The molecule has 0 saturated heterocycles. The molecule has 0 aliphatic carbocycles. The van der Waals surface area contributed by atoms with Crippen LogP contribution in [0, 0.1) is 0 Å². The maximum Gasteiger partial charge on any atom is 0.0786 e. The number of benzene rings is 6. The van der Waals surface area contributed by atoms with E-state index in [1.54, 1.807) is 0 Å². The normalized spacial score (nSPS) is 11.9. The predicted octanol–water partition coefficient (Wildman–Crippen LogP) is 10.8. The zero-order valence-corrected chi connectivity index (χ0v) is 22.8. The van der Waals surface area contributed by atoms with Gasteiger partial charge in [0.25, 0.3) is 0 Å². The Hall–Kier alpha value is -5.12. The average Bonchev–Trinajstić information content (AvgIpc) is 3.42. The summed E-state index contributed by atoms with van der Waals surface area (Å²) in [5.74, 6) is 0. The molecule has 0 aliphatic heterocycles. The highest BCUT2D eigenvalue weighted by molar-refractivity contribution is 7.26. The van der Waals surface area contributed by atoms with E-state index in [4.69, 9.17) is 9.97 Å². The van der Waals surface area contributed by atoms with E-state index in [0.29, 0.717) is 0 Å². The average molecular weight is 539 g/mol. The van der Waals surface area contributed by atoms with Crippen molar-refractivity contribution in [3.05, 3.63) is 134 Å². The van der Waals surface area contributed by atoms with Gasteiger partial charge in [0.15, 0.2) is 0 Å². The van der Waals surface area contributed by atoms with Crippen molar-refractivity contribution in [1.82, 2.24) is 9.97 Å². The lowest BCUT2D eigenvalue weighted by atomic mass is 9.89. The van der Waals surface area contributed by atoms with E-state index in [1.165, 1.54) is 64.0 Å². The molecule has 41 heavy (non-hydrogen) atoms. The van der Waals surface area contributed by atoms with Gasteiger partial charge in [-0.1, -0.05) is 91.0 Å². The van der Waals surface area contributed by atoms with Crippen LogP contribution >= 0.6 is 11.3 Å². The summed E-state index contributed by atoms with van der Waals surface area (Å²) in [6.07, 6.45) is 3.80. The van der Waals surface area contributed by atoms with E-state index in [0.717, 1.165) is 21.8 Å². The van der Waals surface area contributed by atoms with Crippen LogP contribution in [-0.2, 0) is 0 Å². The molecule has 9 aromatic rings. The number of nitrogens with zero attached hydrogens (tertiary/aromatic N) is 2. The van der Waals surface area contributed by atoms with Gasteiger partial charge in [-0.15, -0.1) is 11.3 Å². The number of aromatic nitrogens is 2. The van der Waals surface area contributed by atoms with Crippen molar-refractivity contribution in [2.24, 2.45) is 0 Å². The number of thiophene rings is 1. The first-order valence-electron chi connectivity index (χ1n) is 13.8. The molecule has 0 unspecified atom stereocenters. The molecule has 0 spiro atoms. The van der Waals surface area contributed by atoms with E-state index in [1.807, 2.05) is 35.9 Å². The van der Waals surface area contributed by atoms with E-state index in [-0.39, 0.29) is 0 Å². The molecule has 0 atom stereocenters. The first-order valence-corrected chi connectivity index (χ1v) is 14.6. The van der Waals surface area contributed by atoms with Crippen LogP contribution in [0.5, 0.6) is 0 Å². The van der Waals surface area contributed by atoms with Crippen molar-refractivity contribution in [2.75, 3.05) is 0 Å². The Morgan fingerprint density at radius 1 is 0.415 bits per heavy atom. The minimum absolute atomic E-state index is 1.04. The van der Waals surface area contributed by atoms with E-state index in [2.05, 4.69) is 109 Å². The first kappa shape index (κ1) is 22.7. The highest BCUT2D eigenvalue weighted by Gasteiger charge is 2.18. The Balaban J connectivity index is 1.46. The SMILES string of the molecule is c1cnc2c(c1)ccc1cccc(-c3cc(-c4cccc5ccc6cccnc6c45)c4c(c3)sc3ccccc34)c12. The van der Waals surface area contributed by atoms with Crippen molar-refractivity contribution in [3.63, 3.8) is 0 Å². The molecule has 0 radical (unpaired) electrons. The van der Waals surface area contributed by atoms with Gasteiger partial charge in [0.2, 0.25) is 0 Å². The van der Waals surface area contributed by atoms with Crippen LogP contribution in [-0.4, -0.2) is 9.97 Å². The molecular formula is C38H22N2S. The smallest absolute Gasteiger partial charge is 0.0786 e. The molecule has 6 aromatic carbocycles. The summed E-state index contributed by atoms with van der Waals surface area (Å²) in [5, 5.41) is 9.71. The summed E-state index contributed by atoms with van der Waals surface area (Å²) in [4.78, 5) is 9.72. The van der Waals surface area contributed by atoms with Crippen molar-refractivity contribution >= 4 is 74.9 Å². The van der Waals surface area contributed by atoms with Crippen LogP contribution in [0.15, 0.2) is 134 Å². The van der Waals surface area contributed by atoms with Crippen LogP contribution in [0.3, 0.4) is 0 Å². The minimum Gasteiger partial charge on any atom is -0.256 e. The lowest BCUT2D eigenvalue weighted by Crippen LogP contribution is -1.90. The van der Waals surface area contributed by atoms with Crippen molar-refractivity contribution in [3.8, 4) is 22.3 Å². The molecular weight excluding hydrogens is 516 g/mol. The van der Waals surface area contributed by atoms with Gasteiger partial charge in [0.05, 0.1) is 11.0 Å². The number of pyridine rings is 2. The summed E-state index contributed by atoms with van der Waals surface area (Å²) in [7, 11) is 0. The van der Waals surface area contributed by atoms with Gasteiger partial charge in [-0.2, -0.15) is 0 Å². The zero-order valence-electron chi connectivity index (χ0n) is 22.0. The molecule has 0 saturated carbocycles. The number of rotatable bonds is 2. The monoisotopic (exact) mass is 538 g/mol. The number of hydrogen-bond acceptors (Lipinski definition) is 3. The summed E-state index contributed by atoms with van der Waals surface area (Å²) in [6.45, 7) is 0. The molecule has 0 aliphatic rings. The fourth-order valence-corrected chi connectivity index (χ4v) is 7.69. The van der Waals surface area contributed by atoms with Crippen LogP contribution < -0.4 is 0 Å². The lowest BCUT2D eigenvalue weighted by Gasteiger charge is -2.15. The topological polar surface area (TPSA) is 25.8 Å². The predicted molar refractivity (Wildman–Crippen MR) is 176 cm³/mol. The molecule has 9 rings (SSSR count). The van der Waals surface area contributed by atoms with Gasteiger partial charge in [-0.25, -0.2) is 0 Å². The molecule has 3 heteroatoms. The highest BCUT2D eigenvalue weighted by Crippen LogP contribution is 2.46. The van der Waals surface area contributed by atoms with Crippen LogP contribution in [0.2, 0.25) is 0 Å². The van der Waals surface area contributed by atoms with Gasteiger partial charge >= 0.3 is 0 Å². The Kier molecular flexibility index (Phi) is 4.80. The molecule has 3 heterocycles. The Morgan fingerprint density at radius 3 is 1.76 bits per heavy atom. The largest absolute Gasteiger partial charge is 0.256 e. The van der Waals surface area contributed by atoms with Crippen LogP contribution in [0.25, 0.3) is 85.8 Å². The second kappa shape index (κ2) is 8.69. The van der Waals surface area contributed by atoms with Gasteiger partial charge in [0.1, 0.15) is 0 Å². The Bertz CT molecular complexity index is 2490. The molecule has 0 N–H and O–H groups in total. The Morgan fingerprint density at radius 2 is 1.02 bits per heavy atom. The zero-order chi connectivity index (χ0) is 26.9. The molecule has 3 aromatic heterocycles. The summed E-state index contributed by atoms with van der Waals surface area (Å²) in [5.41, 5.74) is 6.94. The van der Waals surface area contributed by atoms with Crippen molar-refractivity contribution < 1.29 is 0 Å². The maximum atomic E-state index is 4.88. The standard InChI is InChI=1S/C38H22N2S/c1-2-14-32-30(11-1)36-31(29-13-4-8-24-16-18-26-10-6-20-40-38(26)35(24)29)21-27(22-33(36)41-32)28-12-3-7-23-15-17-25-9-5-19-39-37(25)34(23)28/h1-22H. The third-order valence-electron chi connectivity index (χ3n) is 8.31. The summed E-state index contributed by atoms with van der Waals surface area (Å²) >= 11 is 1.87. The fraction of sp³-hybridized carbons (Fsp3) is 0. The van der Waals surface area contributed by atoms with Crippen LogP contribution in [0.1, 0.15) is 0 Å². The molecule has 0 fully saturated rings. The second-order valence-corrected chi connectivity index (χ2v) is 11.7. The van der Waals surface area contributed by atoms with E-state index in [9.17, 15) is 0 Å². The minimum atomic E-state index is 1.04. The fourth-order valence-electron chi connectivity index (χ4n) is 6.52. The number of hydrogen-bond donors (Lipinski definition) is 0.